The normalized spacial score (nSPS) is 10.9. The Morgan fingerprint density at radius 3 is 3.00 bits per heavy atom. The molecule has 6 heteroatoms. The van der Waals surface area contributed by atoms with Crippen LogP contribution in [0.5, 0.6) is 0 Å². The van der Waals surface area contributed by atoms with Gasteiger partial charge in [0.15, 0.2) is 0 Å². The van der Waals surface area contributed by atoms with Crippen LogP contribution in [0, 0.1) is 0 Å². The largest absolute Gasteiger partial charge is 0.396 e. The van der Waals surface area contributed by atoms with Gasteiger partial charge in [0.2, 0.25) is 0 Å². The fraction of sp³-hybridized carbons (Fsp3) is 0.400. The summed E-state index contributed by atoms with van der Waals surface area (Å²) >= 11 is 5.13. The van der Waals surface area contributed by atoms with Gasteiger partial charge in [0.05, 0.1) is 16.0 Å². The van der Waals surface area contributed by atoms with Crippen molar-refractivity contribution in [2.24, 2.45) is 0 Å². The van der Waals surface area contributed by atoms with E-state index in [1.807, 2.05) is 16.9 Å². The molecule has 0 saturated carbocycles. The van der Waals surface area contributed by atoms with Gasteiger partial charge in [0.1, 0.15) is 0 Å². The van der Waals surface area contributed by atoms with Gasteiger partial charge in [-0.2, -0.15) is 0 Å². The molecular formula is C10H12BrN3OS. The Kier molecular flexibility index (Phi) is 4.09. The molecule has 1 N–H and O–H groups in total. The molecule has 2 heterocycles. The first kappa shape index (κ1) is 11.8. The molecule has 0 radical (unpaired) electrons. The van der Waals surface area contributed by atoms with E-state index in [0.29, 0.717) is 0 Å². The number of aromatic nitrogens is 3. The van der Waals surface area contributed by atoms with Crippen molar-refractivity contribution in [3.05, 3.63) is 32.7 Å². The summed E-state index contributed by atoms with van der Waals surface area (Å²) in [6.07, 6.45) is 3.46. The van der Waals surface area contributed by atoms with Gasteiger partial charge in [0.25, 0.3) is 0 Å². The van der Waals surface area contributed by atoms with E-state index in [1.165, 1.54) is 4.88 Å². The highest BCUT2D eigenvalue weighted by molar-refractivity contribution is 9.11. The van der Waals surface area contributed by atoms with E-state index in [1.54, 1.807) is 11.3 Å². The molecule has 0 atom stereocenters. The Labute approximate surface area is 106 Å². The molecule has 0 aromatic carbocycles. The average Bonchev–Trinajstić information content (AvgIpc) is 2.86. The SMILES string of the molecule is OCCCc1cn(Cc2ccc(Br)s2)nn1. The van der Waals surface area contributed by atoms with E-state index >= 15 is 0 Å². The summed E-state index contributed by atoms with van der Waals surface area (Å²) in [6.45, 7) is 0.952. The fourth-order valence-corrected chi connectivity index (χ4v) is 2.86. The lowest BCUT2D eigenvalue weighted by atomic mass is 10.3. The highest BCUT2D eigenvalue weighted by Crippen LogP contribution is 2.22. The van der Waals surface area contributed by atoms with Crippen molar-refractivity contribution in [3.8, 4) is 0 Å². The van der Waals surface area contributed by atoms with Gasteiger partial charge in [-0.05, 0) is 40.9 Å². The van der Waals surface area contributed by atoms with Crippen molar-refractivity contribution in [1.82, 2.24) is 15.0 Å². The van der Waals surface area contributed by atoms with Crippen molar-refractivity contribution >= 4 is 27.3 Å². The minimum Gasteiger partial charge on any atom is -0.396 e. The number of halogens is 1. The molecule has 0 aliphatic carbocycles. The third-order valence-corrected chi connectivity index (χ3v) is 3.73. The Hall–Kier alpha value is -0.720. The number of aliphatic hydroxyl groups excluding tert-OH is 1. The molecule has 2 aromatic heterocycles. The number of aryl methyl sites for hydroxylation is 1. The maximum atomic E-state index is 8.71. The lowest BCUT2D eigenvalue weighted by Gasteiger charge is -1.95. The number of hydrogen-bond donors (Lipinski definition) is 1. The quantitative estimate of drug-likeness (QED) is 0.920. The van der Waals surface area contributed by atoms with Gasteiger partial charge >= 0.3 is 0 Å². The summed E-state index contributed by atoms with van der Waals surface area (Å²) in [5.41, 5.74) is 0.935. The molecule has 0 saturated heterocycles. The molecule has 0 bridgehead atoms. The maximum absolute atomic E-state index is 8.71. The molecule has 0 spiro atoms. The van der Waals surface area contributed by atoms with Gasteiger partial charge in [-0.1, -0.05) is 5.21 Å². The number of hydrogen-bond acceptors (Lipinski definition) is 4. The third-order valence-electron chi connectivity index (χ3n) is 2.12. The Morgan fingerprint density at radius 2 is 2.31 bits per heavy atom. The molecule has 0 amide bonds. The van der Waals surface area contributed by atoms with E-state index in [2.05, 4.69) is 32.3 Å². The van der Waals surface area contributed by atoms with E-state index in [9.17, 15) is 0 Å². The van der Waals surface area contributed by atoms with Crippen LogP contribution >= 0.6 is 27.3 Å². The second kappa shape index (κ2) is 5.56. The van der Waals surface area contributed by atoms with Crippen LogP contribution in [0.2, 0.25) is 0 Å². The standard InChI is InChI=1S/C10H12BrN3OS/c11-10-4-3-9(16-10)7-14-6-8(12-13-14)2-1-5-15/h3-4,6,15H,1-2,5,7H2. The van der Waals surface area contributed by atoms with Crippen molar-refractivity contribution in [2.75, 3.05) is 6.61 Å². The van der Waals surface area contributed by atoms with Gasteiger partial charge < -0.3 is 5.11 Å². The Balaban J connectivity index is 1.97. The number of thiophene rings is 1. The van der Waals surface area contributed by atoms with Crippen LogP contribution in [-0.4, -0.2) is 26.7 Å². The van der Waals surface area contributed by atoms with Crippen LogP contribution in [-0.2, 0) is 13.0 Å². The van der Waals surface area contributed by atoms with Gasteiger partial charge in [-0.15, -0.1) is 16.4 Å². The molecule has 16 heavy (non-hydrogen) atoms. The predicted molar refractivity (Wildman–Crippen MR) is 66.5 cm³/mol. The minimum atomic E-state index is 0.199. The molecular weight excluding hydrogens is 290 g/mol. The van der Waals surface area contributed by atoms with Crippen LogP contribution in [0.3, 0.4) is 0 Å². The molecule has 4 nitrogen and oxygen atoms in total. The first-order valence-corrected chi connectivity index (χ1v) is 6.63. The van der Waals surface area contributed by atoms with E-state index < -0.39 is 0 Å². The molecule has 2 aromatic rings. The number of rotatable bonds is 5. The summed E-state index contributed by atoms with van der Waals surface area (Å²) in [7, 11) is 0. The summed E-state index contributed by atoms with van der Waals surface area (Å²) in [5, 5.41) is 16.8. The Bertz CT molecular complexity index is 454. The zero-order chi connectivity index (χ0) is 11.4. The topological polar surface area (TPSA) is 50.9 Å². The molecule has 0 aliphatic rings. The lowest BCUT2D eigenvalue weighted by molar-refractivity contribution is 0.288. The van der Waals surface area contributed by atoms with E-state index in [0.717, 1.165) is 28.9 Å². The first-order chi connectivity index (χ1) is 7.78. The van der Waals surface area contributed by atoms with Crippen LogP contribution in [0.15, 0.2) is 22.1 Å². The van der Waals surface area contributed by atoms with Crippen LogP contribution in [0.1, 0.15) is 17.0 Å². The van der Waals surface area contributed by atoms with Crippen LogP contribution < -0.4 is 0 Å². The lowest BCUT2D eigenvalue weighted by Crippen LogP contribution is -1.98. The molecule has 2 rings (SSSR count). The van der Waals surface area contributed by atoms with Crippen molar-refractivity contribution in [2.45, 2.75) is 19.4 Å². The molecule has 86 valence electrons. The molecule has 0 unspecified atom stereocenters. The highest BCUT2D eigenvalue weighted by atomic mass is 79.9. The summed E-state index contributed by atoms with van der Waals surface area (Å²) in [6, 6.07) is 4.10. The minimum absolute atomic E-state index is 0.199. The number of nitrogens with zero attached hydrogens (tertiary/aromatic N) is 3. The number of aliphatic hydroxyl groups is 1. The average molecular weight is 302 g/mol. The third kappa shape index (κ3) is 3.13. The van der Waals surface area contributed by atoms with Gasteiger partial charge in [-0.25, -0.2) is 4.68 Å². The highest BCUT2D eigenvalue weighted by Gasteiger charge is 2.03. The van der Waals surface area contributed by atoms with Crippen molar-refractivity contribution in [1.29, 1.82) is 0 Å². The van der Waals surface area contributed by atoms with E-state index in [4.69, 9.17) is 5.11 Å². The van der Waals surface area contributed by atoms with Crippen LogP contribution in [0.4, 0.5) is 0 Å². The summed E-state index contributed by atoms with van der Waals surface area (Å²) < 4.78 is 2.95. The van der Waals surface area contributed by atoms with Crippen molar-refractivity contribution < 1.29 is 5.11 Å². The van der Waals surface area contributed by atoms with Gasteiger partial charge in [0, 0.05) is 17.7 Å². The molecule has 0 aliphatic heterocycles. The van der Waals surface area contributed by atoms with Crippen molar-refractivity contribution in [3.63, 3.8) is 0 Å². The monoisotopic (exact) mass is 301 g/mol. The zero-order valence-electron chi connectivity index (χ0n) is 8.64. The summed E-state index contributed by atoms with van der Waals surface area (Å²) in [5.74, 6) is 0. The second-order valence-corrected chi connectivity index (χ2v) is 5.99. The van der Waals surface area contributed by atoms with Gasteiger partial charge in [-0.3, -0.25) is 0 Å². The Morgan fingerprint density at radius 1 is 1.44 bits per heavy atom. The van der Waals surface area contributed by atoms with E-state index in [-0.39, 0.29) is 6.61 Å². The maximum Gasteiger partial charge on any atom is 0.0828 e. The second-order valence-electron chi connectivity index (χ2n) is 3.44. The van der Waals surface area contributed by atoms with Crippen LogP contribution in [0.25, 0.3) is 0 Å². The predicted octanol–water partition coefficient (Wildman–Crippen LogP) is 2.08. The fourth-order valence-electron chi connectivity index (χ4n) is 1.39. The first-order valence-electron chi connectivity index (χ1n) is 5.02. The molecule has 0 fully saturated rings. The zero-order valence-corrected chi connectivity index (χ0v) is 11.0. The smallest absolute Gasteiger partial charge is 0.0828 e. The summed E-state index contributed by atoms with van der Waals surface area (Å²) in [4.78, 5) is 1.24.